The lowest BCUT2D eigenvalue weighted by Gasteiger charge is -2.32. The van der Waals surface area contributed by atoms with Gasteiger partial charge in [-0.15, -0.1) is 0 Å². The number of halogens is 2. The first-order chi connectivity index (χ1) is 18.3. The quantitative estimate of drug-likeness (QED) is 0.320. The Hall–Kier alpha value is -4.00. The summed E-state index contributed by atoms with van der Waals surface area (Å²) in [6.07, 6.45) is 5.00. The van der Waals surface area contributed by atoms with Gasteiger partial charge in [0, 0.05) is 32.9 Å². The maximum atomic E-state index is 13.8. The summed E-state index contributed by atoms with van der Waals surface area (Å²) in [5, 5.41) is 0.953. The fraction of sp³-hybridized carbons (Fsp3) is 0.133. The SMILES string of the molecule is O=C(C1=C[C@@H]2[C@@H]3C(=O)N(c4ccc(Cl)cc4)C(=O)[C@@H]3[C@@H](C(=O)c3ccc(Cl)cc3)N2C=C1)c1ccccc1. The van der Waals surface area contributed by atoms with Gasteiger partial charge in [-0.2, -0.15) is 0 Å². The van der Waals surface area contributed by atoms with Gasteiger partial charge in [0.15, 0.2) is 11.6 Å². The second kappa shape index (κ2) is 9.39. The molecule has 2 fully saturated rings. The molecule has 6 nitrogen and oxygen atoms in total. The third kappa shape index (κ3) is 3.88. The molecule has 6 rings (SSSR count). The number of benzene rings is 3. The number of allylic oxidation sites excluding steroid dienone is 2. The Morgan fingerprint density at radius 2 is 1.32 bits per heavy atom. The van der Waals surface area contributed by atoms with Crippen LogP contribution < -0.4 is 4.90 Å². The summed E-state index contributed by atoms with van der Waals surface area (Å²) in [6.45, 7) is 0. The first-order valence-corrected chi connectivity index (χ1v) is 12.8. The van der Waals surface area contributed by atoms with Crippen LogP contribution in [0, 0.1) is 11.8 Å². The van der Waals surface area contributed by atoms with Crippen LogP contribution in [-0.4, -0.2) is 40.4 Å². The minimum Gasteiger partial charge on any atom is -0.359 e. The molecule has 3 aliphatic rings. The topological polar surface area (TPSA) is 74.8 Å². The Morgan fingerprint density at radius 3 is 1.97 bits per heavy atom. The largest absolute Gasteiger partial charge is 0.359 e. The van der Waals surface area contributed by atoms with Gasteiger partial charge in [0.2, 0.25) is 11.8 Å². The highest BCUT2D eigenvalue weighted by atomic mass is 35.5. The van der Waals surface area contributed by atoms with Crippen molar-refractivity contribution in [3.63, 3.8) is 0 Å². The number of ketones is 2. The van der Waals surface area contributed by atoms with Crippen LogP contribution in [0.3, 0.4) is 0 Å². The van der Waals surface area contributed by atoms with Gasteiger partial charge in [-0.25, -0.2) is 4.90 Å². The summed E-state index contributed by atoms with van der Waals surface area (Å²) in [5.74, 6) is -3.14. The normalized spacial score (nSPS) is 23.8. The molecule has 188 valence electrons. The third-order valence-corrected chi connectivity index (χ3v) is 7.83. The third-order valence-electron chi connectivity index (χ3n) is 7.33. The lowest BCUT2D eigenvalue weighted by Crippen LogP contribution is -2.46. The van der Waals surface area contributed by atoms with E-state index in [1.54, 1.807) is 96.0 Å². The Bertz CT molecular complexity index is 1530. The number of nitrogens with zero attached hydrogens (tertiary/aromatic N) is 2. The zero-order chi connectivity index (χ0) is 26.6. The summed E-state index contributed by atoms with van der Waals surface area (Å²) < 4.78 is 0. The van der Waals surface area contributed by atoms with E-state index in [2.05, 4.69) is 0 Å². The number of hydrogen-bond acceptors (Lipinski definition) is 5. The van der Waals surface area contributed by atoms with Gasteiger partial charge in [0.05, 0.1) is 23.6 Å². The van der Waals surface area contributed by atoms with Crippen LogP contribution in [0.4, 0.5) is 5.69 Å². The van der Waals surface area contributed by atoms with Gasteiger partial charge in [0.25, 0.3) is 0 Å². The van der Waals surface area contributed by atoms with E-state index in [4.69, 9.17) is 23.2 Å². The van der Waals surface area contributed by atoms with Crippen molar-refractivity contribution in [3.05, 3.63) is 124 Å². The Kier molecular flexibility index (Phi) is 6.01. The Balaban J connectivity index is 1.43. The van der Waals surface area contributed by atoms with Crippen LogP contribution in [0.15, 0.2) is 103 Å². The number of carbonyl (C=O) groups is 4. The maximum absolute atomic E-state index is 13.8. The second-order valence-corrected chi connectivity index (χ2v) is 10.3. The Morgan fingerprint density at radius 1 is 0.711 bits per heavy atom. The molecule has 0 bridgehead atoms. The highest BCUT2D eigenvalue weighted by Gasteiger charge is 2.63. The maximum Gasteiger partial charge on any atom is 0.240 e. The standard InChI is InChI=1S/C30H20Cl2N2O4/c31-20-8-6-18(7-9-20)28(36)26-25-24(29(37)34(30(25)38)22-12-10-21(32)11-13-22)23-16-19(14-15-33(23)26)27(35)17-4-2-1-3-5-17/h1-16,23-26H/t23-,24+,25+,26+/m1/s1. The predicted molar refractivity (Wildman–Crippen MR) is 144 cm³/mol. The van der Waals surface area contributed by atoms with Crippen molar-refractivity contribution in [2.75, 3.05) is 4.90 Å². The molecular formula is C30H20Cl2N2O4. The number of rotatable bonds is 5. The van der Waals surface area contributed by atoms with Crippen LogP contribution in [-0.2, 0) is 9.59 Å². The smallest absolute Gasteiger partial charge is 0.240 e. The van der Waals surface area contributed by atoms with E-state index in [1.807, 2.05) is 6.07 Å². The summed E-state index contributed by atoms with van der Waals surface area (Å²) in [7, 11) is 0. The molecule has 3 aromatic carbocycles. The van der Waals surface area contributed by atoms with Gasteiger partial charge in [-0.05, 0) is 54.6 Å². The molecule has 3 aliphatic heterocycles. The summed E-state index contributed by atoms with van der Waals surface area (Å²) in [4.78, 5) is 57.6. The number of hydrogen-bond donors (Lipinski definition) is 0. The van der Waals surface area contributed by atoms with Gasteiger partial charge >= 0.3 is 0 Å². The first kappa shape index (κ1) is 24.3. The molecule has 0 unspecified atom stereocenters. The minimum atomic E-state index is -0.932. The molecule has 4 atom stereocenters. The second-order valence-electron chi connectivity index (χ2n) is 9.43. The molecule has 8 heteroatoms. The molecule has 3 heterocycles. The van der Waals surface area contributed by atoms with Crippen molar-refractivity contribution in [1.29, 1.82) is 0 Å². The number of carbonyl (C=O) groups excluding carboxylic acids is 4. The number of Topliss-reactive ketones (excluding diaryl/α,β-unsaturated/α-hetero) is 2. The van der Waals surface area contributed by atoms with E-state index in [-0.39, 0.29) is 11.6 Å². The van der Waals surface area contributed by atoms with Crippen LogP contribution in [0.25, 0.3) is 0 Å². The molecule has 0 saturated carbocycles. The van der Waals surface area contributed by atoms with Gasteiger partial charge < -0.3 is 4.90 Å². The number of amides is 2. The van der Waals surface area contributed by atoms with E-state index in [0.29, 0.717) is 32.4 Å². The van der Waals surface area contributed by atoms with Crippen molar-refractivity contribution in [2.24, 2.45) is 11.8 Å². The number of fused-ring (bicyclic) bond motifs is 3. The fourth-order valence-corrected chi connectivity index (χ4v) is 5.84. The minimum absolute atomic E-state index is 0.197. The first-order valence-electron chi connectivity index (χ1n) is 12.1. The molecule has 0 N–H and O–H groups in total. The van der Waals surface area contributed by atoms with E-state index in [9.17, 15) is 19.2 Å². The van der Waals surface area contributed by atoms with Gasteiger partial charge in [-0.1, -0.05) is 59.6 Å². The zero-order valence-corrected chi connectivity index (χ0v) is 21.3. The molecule has 0 aromatic heterocycles. The number of imide groups is 1. The zero-order valence-electron chi connectivity index (χ0n) is 19.8. The van der Waals surface area contributed by atoms with Crippen molar-refractivity contribution in [2.45, 2.75) is 12.1 Å². The molecule has 3 aromatic rings. The van der Waals surface area contributed by atoms with E-state index < -0.39 is 35.7 Å². The van der Waals surface area contributed by atoms with Crippen molar-refractivity contribution in [3.8, 4) is 0 Å². The highest BCUT2D eigenvalue weighted by molar-refractivity contribution is 6.31. The van der Waals surface area contributed by atoms with Crippen molar-refractivity contribution < 1.29 is 19.2 Å². The summed E-state index contributed by atoms with van der Waals surface area (Å²) in [5.41, 5.74) is 1.68. The molecule has 0 aliphatic carbocycles. The van der Waals surface area contributed by atoms with Crippen LogP contribution in [0.2, 0.25) is 10.0 Å². The Labute approximate surface area is 228 Å². The van der Waals surface area contributed by atoms with Gasteiger partial charge in [-0.3, -0.25) is 19.2 Å². The lowest BCUT2D eigenvalue weighted by molar-refractivity contribution is -0.123. The summed E-state index contributed by atoms with van der Waals surface area (Å²) in [6, 6.07) is 20.1. The van der Waals surface area contributed by atoms with Crippen molar-refractivity contribution >= 4 is 52.3 Å². The van der Waals surface area contributed by atoms with Crippen molar-refractivity contribution in [1.82, 2.24) is 4.90 Å². The average Bonchev–Trinajstić information content (AvgIpc) is 3.41. The predicted octanol–water partition coefficient (Wildman–Crippen LogP) is 5.37. The molecule has 2 saturated heterocycles. The highest BCUT2D eigenvalue weighted by Crippen LogP contribution is 2.47. The molecule has 38 heavy (non-hydrogen) atoms. The van der Waals surface area contributed by atoms with Gasteiger partial charge in [0.1, 0.15) is 6.04 Å². The molecule has 0 spiro atoms. The van der Waals surface area contributed by atoms with E-state index >= 15 is 0 Å². The molecule has 2 amide bonds. The summed E-state index contributed by atoms with van der Waals surface area (Å²) >= 11 is 12.0. The molecule has 0 radical (unpaired) electrons. The van der Waals surface area contributed by atoms with Crippen LogP contribution in [0.1, 0.15) is 20.7 Å². The van der Waals surface area contributed by atoms with E-state index in [0.717, 1.165) is 4.90 Å². The average molecular weight is 543 g/mol. The number of anilines is 1. The van der Waals surface area contributed by atoms with E-state index in [1.165, 1.54) is 0 Å². The van der Waals surface area contributed by atoms with Crippen LogP contribution in [0.5, 0.6) is 0 Å². The van der Waals surface area contributed by atoms with Crippen LogP contribution >= 0.6 is 23.2 Å². The monoisotopic (exact) mass is 542 g/mol. The molecular weight excluding hydrogens is 523 g/mol. The lowest BCUT2D eigenvalue weighted by atomic mass is 9.85. The fourth-order valence-electron chi connectivity index (χ4n) is 5.58.